The van der Waals surface area contributed by atoms with Crippen molar-refractivity contribution in [3.8, 4) is 0 Å². The van der Waals surface area contributed by atoms with Crippen LogP contribution in [0.25, 0.3) is 24.3 Å². The number of hydrogen-bond donors (Lipinski definition) is 0. The van der Waals surface area contributed by atoms with Gasteiger partial charge in [0.2, 0.25) is 17.3 Å². The number of furan rings is 3. The van der Waals surface area contributed by atoms with Crippen LogP contribution in [0.3, 0.4) is 0 Å². The first-order valence-electron chi connectivity index (χ1n) is 48.3. The molecule has 7 rings (SSSR count). The van der Waals surface area contributed by atoms with Crippen LogP contribution in [-0.2, 0) is 52.3 Å². The van der Waals surface area contributed by atoms with E-state index in [1.165, 1.54) is 68.9 Å². The minimum absolute atomic E-state index is 0.255. The van der Waals surface area contributed by atoms with E-state index >= 15 is 0 Å². The molecule has 132 heavy (non-hydrogen) atoms. The summed E-state index contributed by atoms with van der Waals surface area (Å²) in [5, 5.41) is 0. The summed E-state index contributed by atoms with van der Waals surface area (Å²) < 4.78 is 58.2. The summed E-state index contributed by atoms with van der Waals surface area (Å²) in [6.07, 6.45) is 25.8. The van der Waals surface area contributed by atoms with Gasteiger partial charge in [-0.1, -0.05) is 169 Å². The van der Waals surface area contributed by atoms with E-state index in [2.05, 4.69) is 125 Å². The molecule has 24 nitrogen and oxygen atoms in total. The lowest BCUT2D eigenvalue weighted by Crippen LogP contribution is -2.51. The summed E-state index contributed by atoms with van der Waals surface area (Å²) >= 11 is 0. The average Bonchev–Trinajstić information content (AvgIpc) is 1.15. The summed E-state index contributed by atoms with van der Waals surface area (Å²) in [5.41, 5.74) is 4.02. The third-order valence-corrected chi connectivity index (χ3v) is 23.6. The SMILES string of the molecule is CCCC[N+](CC)(CCC)CCOC(=O)/C=C/c1ccccc1.CCC[N+](CC)(CCC)CCOC(=O)/C=C/c1ccccc1.CCC[N+](CC)(CCC)CCOC(=O)c1ccco1.CC[N+](CC)(CC)CCOC(=O)/C=C/c1ccccc1.CC[N+](CC)(CC)CCOC(=O)c1ccco1.C[N+](C)(C)CCOC(=O)/C=C/c1ccccc1.C[N+](C)(C)CCOC(=O)c1ccco1. The molecule has 0 aliphatic rings. The van der Waals surface area contributed by atoms with Gasteiger partial charge in [0.1, 0.15) is 92.1 Å². The number of hydrogen-bond acceptors (Lipinski definition) is 17. The van der Waals surface area contributed by atoms with Crippen LogP contribution in [0, 0.1) is 0 Å². The van der Waals surface area contributed by atoms with E-state index in [0.717, 1.165) is 217 Å². The lowest BCUT2D eigenvalue weighted by molar-refractivity contribution is -0.926. The molecule has 0 saturated carbocycles. The van der Waals surface area contributed by atoms with E-state index in [0.29, 0.717) is 46.2 Å². The fourth-order valence-corrected chi connectivity index (χ4v) is 14.6. The summed E-state index contributed by atoms with van der Waals surface area (Å²) in [6.45, 7) is 58.9. The van der Waals surface area contributed by atoms with Crippen molar-refractivity contribution in [3.63, 3.8) is 0 Å². The number of carbonyl (C=O) groups is 7. The fraction of sp³-hybridized carbons (Fsp3) is 0.528. The zero-order valence-corrected chi connectivity index (χ0v) is 84.9. The highest BCUT2D eigenvalue weighted by atomic mass is 16.6. The van der Waals surface area contributed by atoms with Crippen LogP contribution in [0.2, 0.25) is 0 Å². The van der Waals surface area contributed by atoms with Gasteiger partial charge in [0.15, 0.2) is 0 Å². The Bertz CT molecular complexity index is 4180. The van der Waals surface area contributed by atoms with E-state index in [-0.39, 0.29) is 53.1 Å². The van der Waals surface area contributed by atoms with Crippen LogP contribution in [0.15, 0.2) is 214 Å². The zero-order valence-electron chi connectivity index (χ0n) is 84.9. The van der Waals surface area contributed by atoms with Gasteiger partial charge in [-0.3, -0.25) is 0 Å². The Morgan fingerprint density at radius 1 is 0.235 bits per heavy atom. The smallest absolute Gasteiger partial charge is 0.374 e. The molecule has 0 fully saturated rings. The molecule has 4 aromatic carbocycles. The molecule has 0 aliphatic heterocycles. The zero-order chi connectivity index (χ0) is 98.3. The van der Waals surface area contributed by atoms with Crippen LogP contribution >= 0.6 is 0 Å². The molecule has 7 aromatic rings. The number of benzene rings is 4. The van der Waals surface area contributed by atoms with Crippen molar-refractivity contribution in [1.82, 2.24) is 0 Å². The number of rotatable bonds is 54. The first kappa shape index (κ1) is 120. The lowest BCUT2D eigenvalue weighted by Gasteiger charge is -2.37. The Balaban J connectivity index is 0.000000774. The molecule has 0 spiro atoms. The van der Waals surface area contributed by atoms with Gasteiger partial charge in [-0.2, -0.15) is 0 Å². The highest BCUT2D eigenvalue weighted by Crippen LogP contribution is 2.17. The van der Waals surface area contributed by atoms with E-state index < -0.39 is 5.97 Å². The minimum Gasteiger partial charge on any atom is -0.457 e. The number of quaternary nitrogens is 7. The van der Waals surface area contributed by atoms with Gasteiger partial charge in [0.05, 0.1) is 159 Å². The fourth-order valence-electron chi connectivity index (χ4n) is 14.6. The maximum atomic E-state index is 11.8. The largest absolute Gasteiger partial charge is 0.457 e. The van der Waals surface area contributed by atoms with E-state index in [1.807, 2.05) is 142 Å². The first-order valence-corrected chi connectivity index (χ1v) is 48.3. The third-order valence-electron chi connectivity index (χ3n) is 23.6. The van der Waals surface area contributed by atoms with Gasteiger partial charge >= 0.3 is 41.8 Å². The molecule has 3 aromatic heterocycles. The number of esters is 7. The van der Waals surface area contributed by atoms with Crippen molar-refractivity contribution in [1.29, 1.82) is 0 Å². The molecule has 0 bridgehead atoms. The van der Waals surface area contributed by atoms with Gasteiger partial charge in [-0.25, -0.2) is 33.6 Å². The Labute approximate surface area is 794 Å². The van der Waals surface area contributed by atoms with Crippen LogP contribution in [0.5, 0.6) is 0 Å². The number of nitrogens with zero attached hydrogens (tertiary/aromatic N) is 7. The number of ether oxygens (including phenoxy) is 7. The lowest BCUT2D eigenvalue weighted by atomic mass is 10.2. The molecule has 0 amide bonds. The van der Waals surface area contributed by atoms with Crippen molar-refractivity contribution < 1.29 is 111 Å². The molecule has 0 radical (unpaired) electrons. The van der Waals surface area contributed by atoms with Crippen molar-refractivity contribution in [2.75, 3.05) is 233 Å². The van der Waals surface area contributed by atoms with Crippen LogP contribution in [0.1, 0.15) is 203 Å². The summed E-state index contributed by atoms with van der Waals surface area (Å²) in [6, 6.07) is 48.9. The van der Waals surface area contributed by atoms with E-state index in [4.69, 9.17) is 46.4 Å². The topological polar surface area (TPSA) is 224 Å². The van der Waals surface area contributed by atoms with E-state index in [9.17, 15) is 33.6 Å². The molecular weight excluding hydrogens is 1670 g/mol. The van der Waals surface area contributed by atoms with Crippen molar-refractivity contribution in [2.24, 2.45) is 0 Å². The highest BCUT2D eigenvalue weighted by Gasteiger charge is 2.28. The van der Waals surface area contributed by atoms with Gasteiger partial charge in [-0.05, 0) is 184 Å². The number of unbranched alkanes of at least 4 members (excludes halogenated alkanes) is 1. The Kier molecular flexibility index (Phi) is 63.9. The predicted molar refractivity (Wildman–Crippen MR) is 535 cm³/mol. The molecule has 24 heteroatoms. The first-order chi connectivity index (χ1) is 63.3. The Morgan fingerprint density at radius 2 is 0.439 bits per heavy atom. The molecular formula is C108H172N7O17+7. The highest BCUT2D eigenvalue weighted by molar-refractivity contribution is 5.89. The predicted octanol–water partition coefficient (Wildman–Crippen LogP) is 19.8. The van der Waals surface area contributed by atoms with Crippen molar-refractivity contribution >= 4 is 66.1 Å². The van der Waals surface area contributed by atoms with Gasteiger partial charge in [0, 0.05) is 24.3 Å². The summed E-state index contributed by atoms with van der Waals surface area (Å²) in [7, 11) is 12.3. The molecule has 0 saturated heterocycles. The van der Waals surface area contributed by atoms with Gasteiger partial charge in [0.25, 0.3) is 0 Å². The van der Waals surface area contributed by atoms with Gasteiger partial charge in [-0.15, -0.1) is 0 Å². The molecule has 734 valence electrons. The summed E-state index contributed by atoms with van der Waals surface area (Å²) in [5.74, 6) is -1.41. The quantitative estimate of drug-likeness (QED) is 0.0150. The standard InChI is InChI=1S/C20H32NO2.C19H30NO2.C17H26NO2.C15H26NO3.C14H20NO2.C13H22NO3.C10H16NO3/c1-4-7-16-21(6-3,15-5-2)17-18-23-20(22)14-13-19-11-9-8-10-12-19;1-4-14-20(6-3,15-5-2)16-17-22-19(21)13-12-18-10-8-7-9-11-18;1-4-18(5-2,6-3)14-15-20-17(19)13-12-16-10-8-7-9-11-16;1-4-9-16(6-3,10-5-2)11-13-19-15(17)14-8-7-12-18-14;1-15(2,3)11-12-17-14(16)10-9-13-7-5-4-6-8-13;1-4-14(5-2,6-3)9-11-17-13(15)12-8-7-10-16-12;1-11(2,3)6-8-14-10(12)9-5-4-7-13-9/h8-14H,4-7,15-18H2,1-3H3;7-13H,4-6,14-17H2,1-3H3;7-13H,4-6,14-15H2,1-3H3;7-8,12H,4-6,9-11,13H2,1-3H3;4-10H,11-12H2,1-3H3;7-8,10H,4-6,9,11H2,1-3H3;4-5,7H,6,8H2,1-3H3/q7*+1/b14-13+;2*13-12+;;10-9+;;. The van der Waals surface area contributed by atoms with Crippen molar-refractivity contribution in [2.45, 2.75) is 149 Å². The third kappa shape index (κ3) is 54.6. The maximum absolute atomic E-state index is 11.8. The molecule has 3 heterocycles. The second-order valence-electron chi connectivity index (χ2n) is 34.9. The van der Waals surface area contributed by atoms with Crippen LogP contribution in [-0.4, -0.2) is 306 Å². The van der Waals surface area contributed by atoms with E-state index in [1.54, 1.807) is 60.7 Å². The van der Waals surface area contributed by atoms with Crippen LogP contribution in [0.4, 0.5) is 0 Å². The minimum atomic E-state index is -0.400. The summed E-state index contributed by atoms with van der Waals surface area (Å²) in [4.78, 5) is 81.1. The number of likely N-dealkylation sites (N-methyl/N-ethyl adjacent to an activating group) is 7. The normalized spacial score (nSPS) is 12.0. The van der Waals surface area contributed by atoms with Crippen LogP contribution < -0.4 is 0 Å². The molecule has 1 atom stereocenters. The molecule has 0 N–H and O–H groups in total. The number of carbonyl (C=O) groups excluding carboxylic acids is 7. The second-order valence-corrected chi connectivity index (χ2v) is 34.9. The maximum Gasteiger partial charge on any atom is 0.374 e. The molecule has 0 aliphatic carbocycles. The Hall–Kier alpha value is -10.3. The van der Waals surface area contributed by atoms with Gasteiger partial charge < -0.3 is 77.8 Å². The average molecular weight is 1840 g/mol. The van der Waals surface area contributed by atoms with Crippen molar-refractivity contribution in [3.05, 3.63) is 240 Å². The molecule has 1 unspecified atom stereocenters. The monoisotopic (exact) mass is 1840 g/mol. The Morgan fingerprint density at radius 3 is 0.636 bits per heavy atom. The second kappa shape index (κ2) is 70.4.